The summed E-state index contributed by atoms with van der Waals surface area (Å²) in [6.45, 7) is 2.02. The molecule has 1 aliphatic rings. The van der Waals surface area contributed by atoms with Crippen LogP contribution in [0.2, 0.25) is 0 Å². The van der Waals surface area contributed by atoms with Gasteiger partial charge in [-0.2, -0.15) is 13.2 Å². The van der Waals surface area contributed by atoms with Gasteiger partial charge in [-0.15, -0.1) is 0 Å². The van der Waals surface area contributed by atoms with Gasteiger partial charge in [0, 0.05) is 37.4 Å². The molecule has 38 heavy (non-hydrogen) atoms. The first-order chi connectivity index (χ1) is 18.2. The van der Waals surface area contributed by atoms with Crippen molar-refractivity contribution in [2.75, 3.05) is 50.1 Å². The van der Waals surface area contributed by atoms with Crippen LogP contribution < -0.4 is 19.7 Å². The summed E-state index contributed by atoms with van der Waals surface area (Å²) in [4.78, 5) is 16.9. The first-order valence-electron chi connectivity index (χ1n) is 11.7. The quantitative estimate of drug-likeness (QED) is 0.317. The highest BCUT2D eigenvalue weighted by atomic mass is 32.1. The Labute approximate surface area is 222 Å². The van der Waals surface area contributed by atoms with Crippen LogP contribution in [-0.4, -0.2) is 55.7 Å². The summed E-state index contributed by atoms with van der Waals surface area (Å²) < 4.78 is 63.8. The minimum absolute atomic E-state index is 0.0104. The number of para-hydroxylation sites is 1. The second-order valence-corrected chi connectivity index (χ2v) is 8.90. The number of halogens is 4. The number of thiocarbonyl (C=S) groups is 1. The maximum Gasteiger partial charge on any atom is 0.416 e. The Hall–Kier alpha value is -3.86. The average molecular weight is 548 g/mol. The van der Waals surface area contributed by atoms with Gasteiger partial charge in [0.05, 0.1) is 18.4 Å². The lowest BCUT2D eigenvalue weighted by Crippen LogP contribution is -2.48. The zero-order valence-electron chi connectivity index (χ0n) is 20.4. The highest BCUT2D eigenvalue weighted by Gasteiger charge is 2.30. The van der Waals surface area contributed by atoms with Crippen LogP contribution in [0.5, 0.6) is 11.5 Å². The fourth-order valence-electron chi connectivity index (χ4n) is 4.07. The Morgan fingerprint density at radius 2 is 1.71 bits per heavy atom. The molecule has 1 amide bonds. The summed E-state index contributed by atoms with van der Waals surface area (Å²) in [6.07, 6.45) is -4.51. The number of benzene rings is 3. The van der Waals surface area contributed by atoms with Crippen LogP contribution in [0.4, 0.5) is 28.9 Å². The average Bonchev–Trinajstić information content (AvgIpc) is 2.91. The Balaban J connectivity index is 1.34. The first-order valence-corrected chi connectivity index (χ1v) is 12.1. The van der Waals surface area contributed by atoms with Gasteiger partial charge in [0.2, 0.25) is 0 Å². The van der Waals surface area contributed by atoms with E-state index in [1.807, 2.05) is 9.80 Å². The summed E-state index contributed by atoms with van der Waals surface area (Å²) in [5, 5.41) is 2.39. The van der Waals surface area contributed by atoms with E-state index in [4.69, 9.17) is 21.7 Å². The molecule has 0 atom stereocenters. The van der Waals surface area contributed by atoms with Crippen molar-refractivity contribution in [1.29, 1.82) is 0 Å². The van der Waals surface area contributed by atoms with Crippen LogP contribution in [0.25, 0.3) is 0 Å². The van der Waals surface area contributed by atoms with E-state index in [9.17, 15) is 22.4 Å². The monoisotopic (exact) mass is 547 g/mol. The fourth-order valence-corrected chi connectivity index (χ4v) is 4.38. The molecule has 0 saturated carbocycles. The molecule has 3 aromatic rings. The zero-order valence-corrected chi connectivity index (χ0v) is 21.2. The number of nitrogens with one attached hydrogen (secondary N) is 1. The van der Waals surface area contributed by atoms with E-state index < -0.39 is 24.3 Å². The number of rotatable bonds is 7. The first kappa shape index (κ1) is 27.2. The molecular weight excluding hydrogens is 522 g/mol. The van der Waals surface area contributed by atoms with Crippen LogP contribution in [-0.2, 0) is 11.0 Å². The van der Waals surface area contributed by atoms with Crippen molar-refractivity contribution in [3.63, 3.8) is 0 Å². The number of ether oxygens (including phenoxy) is 2. The molecule has 1 N–H and O–H groups in total. The molecule has 1 aliphatic heterocycles. The fraction of sp³-hybridized carbons (Fsp3) is 0.259. The van der Waals surface area contributed by atoms with E-state index in [0.29, 0.717) is 42.6 Å². The standard InChI is InChI=1S/C27H25F4N3O3S/c1-36-24-15-18(26(38)34-13-11-33(12-14-34)22-8-3-2-7-21(22)28)9-10-23(24)37-17-25(35)32-20-6-4-5-19(16-20)27(29,30)31/h2-10,15-16H,11-14,17H2,1H3,(H,32,35). The maximum atomic E-state index is 14.1. The van der Waals surface area contributed by atoms with Gasteiger partial charge in [-0.1, -0.05) is 30.4 Å². The number of amides is 1. The Bertz CT molecular complexity index is 1310. The van der Waals surface area contributed by atoms with Crippen molar-refractivity contribution in [3.8, 4) is 11.5 Å². The molecule has 3 aromatic carbocycles. The summed E-state index contributed by atoms with van der Waals surface area (Å²) in [6, 6.07) is 16.1. The van der Waals surface area contributed by atoms with Gasteiger partial charge in [0.1, 0.15) is 10.8 Å². The Morgan fingerprint density at radius 1 is 0.974 bits per heavy atom. The lowest BCUT2D eigenvalue weighted by atomic mass is 10.1. The van der Waals surface area contributed by atoms with Gasteiger partial charge in [-0.3, -0.25) is 4.79 Å². The SMILES string of the molecule is COc1cc(C(=S)N2CCN(c3ccccc3F)CC2)ccc1OCC(=O)Nc1cccc(C(F)(F)F)c1. The second kappa shape index (κ2) is 11.7. The Kier molecular flexibility index (Phi) is 8.35. The van der Waals surface area contributed by atoms with Crippen molar-refractivity contribution >= 4 is 34.5 Å². The number of piperazine rings is 1. The molecule has 0 aliphatic carbocycles. The molecule has 200 valence electrons. The third-order valence-corrected chi connectivity index (χ3v) is 6.50. The highest BCUT2D eigenvalue weighted by Crippen LogP contribution is 2.31. The van der Waals surface area contributed by atoms with E-state index in [0.717, 1.165) is 17.7 Å². The van der Waals surface area contributed by atoms with Crippen LogP contribution >= 0.6 is 12.2 Å². The molecule has 0 bridgehead atoms. The predicted octanol–water partition coefficient (Wildman–Crippen LogP) is 5.37. The van der Waals surface area contributed by atoms with E-state index in [-0.39, 0.29) is 17.3 Å². The summed E-state index contributed by atoms with van der Waals surface area (Å²) >= 11 is 5.68. The van der Waals surface area contributed by atoms with E-state index >= 15 is 0 Å². The van der Waals surface area contributed by atoms with Crippen LogP contribution in [0, 0.1) is 5.82 Å². The van der Waals surface area contributed by atoms with Crippen LogP contribution in [0.1, 0.15) is 11.1 Å². The lowest BCUT2D eigenvalue weighted by Gasteiger charge is -2.37. The van der Waals surface area contributed by atoms with E-state index in [1.54, 1.807) is 36.4 Å². The summed E-state index contributed by atoms with van der Waals surface area (Å²) in [5.41, 5.74) is 0.435. The van der Waals surface area contributed by atoms with E-state index in [2.05, 4.69) is 5.32 Å². The van der Waals surface area contributed by atoms with Crippen molar-refractivity contribution < 1.29 is 31.8 Å². The van der Waals surface area contributed by atoms with Crippen molar-refractivity contribution in [1.82, 2.24) is 4.90 Å². The smallest absolute Gasteiger partial charge is 0.416 e. The molecule has 0 unspecified atom stereocenters. The molecule has 0 spiro atoms. The van der Waals surface area contributed by atoms with Crippen LogP contribution in [0.3, 0.4) is 0 Å². The van der Waals surface area contributed by atoms with Gasteiger partial charge in [0.25, 0.3) is 5.91 Å². The molecule has 6 nitrogen and oxygen atoms in total. The number of methoxy groups -OCH3 is 1. The molecule has 1 saturated heterocycles. The predicted molar refractivity (Wildman–Crippen MR) is 140 cm³/mol. The summed E-state index contributed by atoms with van der Waals surface area (Å²) in [7, 11) is 1.45. The number of alkyl halides is 3. The topological polar surface area (TPSA) is 54.0 Å². The molecule has 1 fully saturated rings. The van der Waals surface area contributed by atoms with Crippen molar-refractivity contribution in [3.05, 3.63) is 83.7 Å². The molecule has 0 aromatic heterocycles. The molecule has 4 rings (SSSR count). The normalized spacial score (nSPS) is 13.7. The van der Waals surface area contributed by atoms with Gasteiger partial charge in [-0.05, 0) is 48.5 Å². The number of anilines is 2. The van der Waals surface area contributed by atoms with Crippen molar-refractivity contribution in [2.24, 2.45) is 0 Å². The Morgan fingerprint density at radius 3 is 2.39 bits per heavy atom. The third kappa shape index (κ3) is 6.52. The lowest BCUT2D eigenvalue weighted by molar-refractivity contribution is -0.137. The molecule has 11 heteroatoms. The van der Waals surface area contributed by atoms with Gasteiger partial charge < -0.3 is 24.6 Å². The number of carbonyl (C=O) groups is 1. The minimum Gasteiger partial charge on any atom is -0.493 e. The zero-order chi connectivity index (χ0) is 27.3. The highest BCUT2D eigenvalue weighted by molar-refractivity contribution is 7.80. The minimum atomic E-state index is -4.51. The number of nitrogens with zero attached hydrogens (tertiary/aromatic N) is 2. The van der Waals surface area contributed by atoms with Crippen molar-refractivity contribution in [2.45, 2.75) is 6.18 Å². The number of hydrogen-bond acceptors (Lipinski definition) is 5. The second-order valence-electron chi connectivity index (χ2n) is 8.51. The number of carbonyl (C=O) groups excluding carboxylic acids is 1. The third-order valence-electron chi connectivity index (χ3n) is 6.00. The van der Waals surface area contributed by atoms with Gasteiger partial charge in [-0.25, -0.2) is 4.39 Å². The molecular formula is C27H25F4N3O3S. The summed E-state index contributed by atoms with van der Waals surface area (Å²) in [5.74, 6) is -0.254. The van der Waals surface area contributed by atoms with Gasteiger partial charge >= 0.3 is 6.18 Å². The van der Waals surface area contributed by atoms with E-state index in [1.165, 1.54) is 25.3 Å². The van der Waals surface area contributed by atoms with Gasteiger partial charge in [0.15, 0.2) is 18.1 Å². The number of hydrogen-bond donors (Lipinski definition) is 1. The largest absolute Gasteiger partial charge is 0.493 e. The molecule has 1 heterocycles. The molecule has 0 radical (unpaired) electrons. The van der Waals surface area contributed by atoms with Crippen LogP contribution in [0.15, 0.2) is 66.7 Å². The maximum absolute atomic E-state index is 14.1.